The fourth-order valence-electron chi connectivity index (χ4n) is 5.64. The van der Waals surface area contributed by atoms with E-state index in [1.54, 1.807) is 0 Å². The summed E-state index contributed by atoms with van der Waals surface area (Å²) in [6.07, 6.45) is 3.60. The van der Waals surface area contributed by atoms with Crippen molar-refractivity contribution < 1.29 is 9.59 Å². The molecule has 3 aliphatic heterocycles. The molecule has 29 heavy (non-hydrogen) atoms. The van der Waals surface area contributed by atoms with Crippen molar-refractivity contribution in [3.8, 4) is 6.07 Å². The first-order chi connectivity index (χ1) is 13.9. The molecular formula is C22H29N5O2. The Labute approximate surface area is 172 Å². The van der Waals surface area contributed by atoms with E-state index < -0.39 is 0 Å². The Hall–Kier alpha value is -2.62. The van der Waals surface area contributed by atoms with E-state index in [0.29, 0.717) is 24.4 Å². The molecule has 7 nitrogen and oxygen atoms in total. The molecule has 2 bridgehead atoms. The minimum absolute atomic E-state index is 0.00666. The summed E-state index contributed by atoms with van der Waals surface area (Å²) >= 11 is 0. The first-order valence-corrected chi connectivity index (χ1v) is 10.6. The predicted molar refractivity (Wildman–Crippen MR) is 109 cm³/mol. The summed E-state index contributed by atoms with van der Waals surface area (Å²) in [5.41, 5.74) is 2.51. The third-order valence-corrected chi connectivity index (χ3v) is 6.79. The Morgan fingerprint density at radius 1 is 1.34 bits per heavy atom. The number of hydrogen-bond acceptors (Lipinski definition) is 5. The first-order valence-electron chi connectivity index (χ1n) is 10.6. The molecule has 1 aromatic rings. The number of anilines is 1. The van der Waals surface area contributed by atoms with Gasteiger partial charge in [0, 0.05) is 44.7 Å². The van der Waals surface area contributed by atoms with Crippen molar-refractivity contribution in [1.29, 1.82) is 5.26 Å². The molecule has 2 amide bonds. The van der Waals surface area contributed by atoms with Crippen LogP contribution in [0, 0.1) is 37.0 Å². The molecule has 7 heteroatoms. The van der Waals surface area contributed by atoms with Crippen LogP contribution in [0.1, 0.15) is 49.4 Å². The van der Waals surface area contributed by atoms with Gasteiger partial charge in [-0.05, 0) is 56.6 Å². The molecule has 3 fully saturated rings. The summed E-state index contributed by atoms with van der Waals surface area (Å²) < 4.78 is 0. The van der Waals surface area contributed by atoms with E-state index in [9.17, 15) is 14.9 Å². The minimum atomic E-state index is -0.0662. The number of amides is 2. The van der Waals surface area contributed by atoms with Crippen LogP contribution in [0.25, 0.3) is 0 Å². The molecule has 3 saturated heterocycles. The van der Waals surface area contributed by atoms with E-state index >= 15 is 0 Å². The number of carbonyl (C=O) groups is 2. The number of rotatable bonds is 3. The summed E-state index contributed by atoms with van der Waals surface area (Å²) in [7, 11) is 0. The highest BCUT2D eigenvalue weighted by Gasteiger charge is 2.49. The molecular weight excluding hydrogens is 366 g/mol. The molecule has 1 N–H and O–H groups in total. The van der Waals surface area contributed by atoms with Gasteiger partial charge < -0.3 is 15.1 Å². The lowest BCUT2D eigenvalue weighted by molar-refractivity contribution is -0.149. The Balaban J connectivity index is 1.68. The Kier molecular flexibility index (Phi) is 5.20. The van der Waals surface area contributed by atoms with Gasteiger partial charge in [0.25, 0.3) is 0 Å². The molecule has 0 radical (unpaired) electrons. The molecule has 1 aromatic heterocycles. The lowest BCUT2D eigenvalue weighted by Crippen LogP contribution is -2.67. The zero-order valence-corrected chi connectivity index (χ0v) is 17.4. The number of pyridine rings is 1. The largest absolute Gasteiger partial charge is 0.355 e. The molecule has 0 aliphatic carbocycles. The Morgan fingerprint density at radius 2 is 2.10 bits per heavy atom. The minimum Gasteiger partial charge on any atom is -0.355 e. The fraction of sp³-hybridized carbons (Fsp3) is 0.636. The van der Waals surface area contributed by atoms with Crippen molar-refractivity contribution in [3.63, 3.8) is 0 Å². The molecule has 0 spiro atoms. The summed E-state index contributed by atoms with van der Waals surface area (Å²) in [5.74, 6) is 1.56. The van der Waals surface area contributed by atoms with Crippen LogP contribution >= 0.6 is 0 Å². The van der Waals surface area contributed by atoms with Crippen LogP contribution in [-0.2, 0) is 9.59 Å². The third-order valence-electron chi connectivity index (χ3n) is 6.79. The van der Waals surface area contributed by atoms with Gasteiger partial charge in [-0.25, -0.2) is 4.98 Å². The molecule has 0 unspecified atom stereocenters. The number of carbonyl (C=O) groups excluding carboxylic acids is 2. The molecule has 154 valence electrons. The molecule has 0 aromatic carbocycles. The summed E-state index contributed by atoms with van der Waals surface area (Å²) in [5, 5.41) is 12.7. The second-order valence-electron chi connectivity index (χ2n) is 8.82. The second kappa shape index (κ2) is 7.66. The smallest absolute Gasteiger partial charge is 0.223 e. The topological polar surface area (TPSA) is 89.3 Å². The van der Waals surface area contributed by atoms with Gasteiger partial charge in [0.05, 0.1) is 11.6 Å². The number of nitrogens with zero attached hydrogens (tertiary/aromatic N) is 4. The summed E-state index contributed by atoms with van der Waals surface area (Å²) in [6, 6.07) is 4.52. The van der Waals surface area contributed by atoms with Gasteiger partial charge >= 0.3 is 0 Å². The number of fused-ring (bicyclic) bond motifs is 4. The summed E-state index contributed by atoms with van der Waals surface area (Å²) in [6.45, 7) is 7.51. The van der Waals surface area contributed by atoms with Crippen molar-refractivity contribution in [2.45, 2.75) is 58.5 Å². The van der Waals surface area contributed by atoms with E-state index in [1.807, 2.05) is 19.9 Å². The fourth-order valence-corrected chi connectivity index (χ4v) is 5.64. The lowest BCUT2D eigenvalue weighted by atomic mass is 9.72. The maximum absolute atomic E-state index is 12.8. The SMILES string of the molecule is CC(=O)NC[C@H]1[C@H]2C[C@H](CN(c3nc(C)cc(C)c3C#N)C2)[C@@H]2CCCC(=O)N21. The average molecular weight is 396 g/mol. The van der Waals surface area contributed by atoms with Gasteiger partial charge in [0.1, 0.15) is 11.9 Å². The average Bonchev–Trinajstić information content (AvgIpc) is 2.67. The number of piperidine rings is 3. The van der Waals surface area contributed by atoms with E-state index in [-0.39, 0.29) is 29.8 Å². The monoisotopic (exact) mass is 395 g/mol. The van der Waals surface area contributed by atoms with Crippen molar-refractivity contribution >= 4 is 17.6 Å². The standard InChI is InChI=1S/C22H29N5O2/c1-13-7-14(2)25-22(18(13)9-23)26-11-16-8-17(12-26)20(10-24-15(3)28)27-19(16)5-4-6-21(27)29/h7,16-17,19-20H,4-6,8,10-12H2,1-3H3,(H,24,28)/t16-,17+,19+,20+/m1/s1. The number of aromatic nitrogens is 1. The van der Waals surface area contributed by atoms with Crippen LogP contribution in [0.4, 0.5) is 5.82 Å². The van der Waals surface area contributed by atoms with Gasteiger partial charge in [-0.2, -0.15) is 5.26 Å². The number of nitrogens with one attached hydrogen (secondary N) is 1. The van der Waals surface area contributed by atoms with Crippen molar-refractivity contribution in [2.75, 3.05) is 24.5 Å². The van der Waals surface area contributed by atoms with Gasteiger partial charge in [-0.1, -0.05) is 0 Å². The highest BCUT2D eigenvalue weighted by atomic mass is 16.2. The normalized spacial score (nSPS) is 28.6. The maximum Gasteiger partial charge on any atom is 0.223 e. The Bertz CT molecular complexity index is 877. The molecule has 4 heterocycles. The number of hydrogen-bond donors (Lipinski definition) is 1. The van der Waals surface area contributed by atoms with Crippen LogP contribution in [0.2, 0.25) is 0 Å². The summed E-state index contributed by atoms with van der Waals surface area (Å²) in [4.78, 5) is 33.5. The molecule has 4 atom stereocenters. The quantitative estimate of drug-likeness (QED) is 0.844. The molecule has 3 aliphatic rings. The van der Waals surface area contributed by atoms with Gasteiger partial charge in [0.15, 0.2) is 0 Å². The van der Waals surface area contributed by atoms with E-state index in [4.69, 9.17) is 4.98 Å². The lowest BCUT2D eigenvalue weighted by Gasteiger charge is -2.56. The first kappa shape index (κ1) is 19.7. The van der Waals surface area contributed by atoms with Crippen LogP contribution in [-0.4, -0.2) is 53.4 Å². The highest BCUT2D eigenvalue weighted by Crippen LogP contribution is 2.42. The zero-order valence-electron chi connectivity index (χ0n) is 17.4. The Morgan fingerprint density at radius 3 is 2.83 bits per heavy atom. The second-order valence-corrected chi connectivity index (χ2v) is 8.82. The predicted octanol–water partition coefficient (Wildman–Crippen LogP) is 1.91. The van der Waals surface area contributed by atoms with Crippen LogP contribution in [0.3, 0.4) is 0 Å². The van der Waals surface area contributed by atoms with Crippen LogP contribution in [0.15, 0.2) is 6.07 Å². The highest BCUT2D eigenvalue weighted by molar-refractivity contribution is 5.78. The van der Waals surface area contributed by atoms with Gasteiger partial charge in [-0.15, -0.1) is 0 Å². The van der Waals surface area contributed by atoms with E-state index in [0.717, 1.165) is 49.4 Å². The van der Waals surface area contributed by atoms with Crippen LogP contribution < -0.4 is 10.2 Å². The van der Waals surface area contributed by atoms with Crippen molar-refractivity contribution in [3.05, 3.63) is 22.9 Å². The van der Waals surface area contributed by atoms with Crippen LogP contribution in [0.5, 0.6) is 0 Å². The molecule has 0 saturated carbocycles. The maximum atomic E-state index is 12.8. The van der Waals surface area contributed by atoms with Crippen molar-refractivity contribution in [1.82, 2.24) is 15.2 Å². The van der Waals surface area contributed by atoms with E-state index in [2.05, 4.69) is 21.2 Å². The number of nitriles is 1. The van der Waals surface area contributed by atoms with Gasteiger partial charge in [0.2, 0.25) is 11.8 Å². The number of aryl methyl sites for hydroxylation is 2. The molecule has 4 rings (SSSR count). The van der Waals surface area contributed by atoms with E-state index in [1.165, 1.54) is 6.92 Å². The third kappa shape index (κ3) is 3.57. The zero-order chi connectivity index (χ0) is 20.7. The van der Waals surface area contributed by atoms with Gasteiger partial charge in [-0.3, -0.25) is 9.59 Å². The van der Waals surface area contributed by atoms with Crippen molar-refractivity contribution in [2.24, 2.45) is 11.8 Å².